The number of hydrogen-bond acceptors (Lipinski definition) is 4. The summed E-state index contributed by atoms with van der Waals surface area (Å²) >= 11 is 3.38. The minimum Gasteiger partial charge on any atom is -0.340 e. The topological polar surface area (TPSA) is 66.9 Å². The molecule has 29 heavy (non-hydrogen) atoms. The second kappa shape index (κ2) is 8.67. The van der Waals surface area contributed by atoms with Crippen LogP contribution in [0.5, 0.6) is 0 Å². The van der Waals surface area contributed by atoms with E-state index in [0.29, 0.717) is 11.4 Å². The molecule has 0 saturated heterocycles. The molecule has 0 fully saturated rings. The highest BCUT2D eigenvalue weighted by atomic mass is 79.9. The van der Waals surface area contributed by atoms with Crippen LogP contribution in [0.3, 0.4) is 0 Å². The van der Waals surface area contributed by atoms with Gasteiger partial charge in [0, 0.05) is 33.0 Å². The van der Waals surface area contributed by atoms with E-state index in [0.717, 1.165) is 27.1 Å². The number of halogens is 1. The molecule has 1 aromatic heterocycles. The second-order valence-corrected chi connectivity index (χ2v) is 7.23. The van der Waals surface area contributed by atoms with Gasteiger partial charge in [0.05, 0.1) is 5.69 Å². The van der Waals surface area contributed by atoms with Crippen molar-refractivity contribution in [2.45, 2.75) is 0 Å². The third-order valence-corrected chi connectivity index (χ3v) is 4.79. The fraction of sp³-hybridized carbons (Fsp3) is 0. The zero-order valence-electron chi connectivity index (χ0n) is 15.3. The Morgan fingerprint density at radius 3 is 2.21 bits per heavy atom. The van der Waals surface area contributed by atoms with Crippen molar-refractivity contribution >= 4 is 39.0 Å². The number of nitrogens with zero attached hydrogens (tertiary/aromatic N) is 2. The summed E-state index contributed by atoms with van der Waals surface area (Å²) in [4.78, 5) is 21.0. The van der Waals surface area contributed by atoms with Gasteiger partial charge < -0.3 is 10.6 Å². The molecule has 0 spiro atoms. The SMILES string of the molecule is O=C(Nc1ccc(Br)cc1)c1ccc(Nc2cc(-c3ccccc3)ncn2)cc1. The van der Waals surface area contributed by atoms with Crippen LogP contribution in [-0.4, -0.2) is 15.9 Å². The molecule has 0 radical (unpaired) electrons. The summed E-state index contributed by atoms with van der Waals surface area (Å²) in [6.07, 6.45) is 1.53. The summed E-state index contributed by atoms with van der Waals surface area (Å²) in [5.41, 5.74) is 4.02. The van der Waals surface area contributed by atoms with Crippen LogP contribution in [0.4, 0.5) is 17.2 Å². The largest absolute Gasteiger partial charge is 0.340 e. The molecule has 6 heteroatoms. The van der Waals surface area contributed by atoms with E-state index in [4.69, 9.17) is 0 Å². The number of amides is 1. The lowest BCUT2D eigenvalue weighted by Crippen LogP contribution is -2.11. The molecule has 0 aliphatic rings. The Labute approximate surface area is 177 Å². The Morgan fingerprint density at radius 2 is 1.48 bits per heavy atom. The van der Waals surface area contributed by atoms with Gasteiger partial charge in [0.1, 0.15) is 12.1 Å². The minimum atomic E-state index is -0.160. The van der Waals surface area contributed by atoms with Crippen molar-refractivity contribution in [2.75, 3.05) is 10.6 Å². The van der Waals surface area contributed by atoms with Crippen molar-refractivity contribution in [3.8, 4) is 11.3 Å². The van der Waals surface area contributed by atoms with Crippen LogP contribution in [0, 0.1) is 0 Å². The number of carbonyl (C=O) groups excluding carboxylic acids is 1. The van der Waals surface area contributed by atoms with E-state index >= 15 is 0 Å². The standard InChI is InChI=1S/C23H17BrN4O/c24-18-8-12-20(13-9-18)28-23(29)17-6-10-19(11-7-17)27-22-14-21(25-15-26-22)16-4-2-1-3-5-16/h1-15H,(H,28,29)(H,25,26,27). The molecular formula is C23H17BrN4O. The second-order valence-electron chi connectivity index (χ2n) is 6.32. The number of rotatable bonds is 5. The smallest absolute Gasteiger partial charge is 0.255 e. The number of nitrogens with one attached hydrogen (secondary N) is 2. The maximum absolute atomic E-state index is 12.4. The molecule has 1 amide bonds. The molecular weight excluding hydrogens is 428 g/mol. The van der Waals surface area contributed by atoms with E-state index in [2.05, 4.69) is 36.5 Å². The van der Waals surface area contributed by atoms with E-state index in [9.17, 15) is 4.79 Å². The molecule has 3 aromatic carbocycles. The van der Waals surface area contributed by atoms with Crippen molar-refractivity contribution in [1.29, 1.82) is 0 Å². The van der Waals surface area contributed by atoms with E-state index in [1.54, 1.807) is 12.1 Å². The first kappa shape index (κ1) is 18.8. The highest BCUT2D eigenvalue weighted by molar-refractivity contribution is 9.10. The monoisotopic (exact) mass is 444 g/mol. The highest BCUT2D eigenvalue weighted by Crippen LogP contribution is 2.21. The van der Waals surface area contributed by atoms with Crippen molar-refractivity contribution in [3.63, 3.8) is 0 Å². The average molecular weight is 445 g/mol. The molecule has 0 atom stereocenters. The molecule has 1 heterocycles. The number of benzene rings is 3. The van der Waals surface area contributed by atoms with Gasteiger partial charge in [-0.2, -0.15) is 0 Å². The third-order valence-electron chi connectivity index (χ3n) is 4.26. The van der Waals surface area contributed by atoms with Gasteiger partial charge in [-0.3, -0.25) is 4.79 Å². The number of hydrogen-bond donors (Lipinski definition) is 2. The fourth-order valence-corrected chi connectivity index (χ4v) is 3.05. The molecule has 4 aromatic rings. The third kappa shape index (κ3) is 4.86. The van der Waals surface area contributed by atoms with E-state index in [1.807, 2.05) is 72.8 Å². The Morgan fingerprint density at radius 1 is 0.793 bits per heavy atom. The maximum Gasteiger partial charge on any atom is 0.255 e. The quantitative estimate of drug-likeness (QED) is 0.401. The zero-order chi connectivity index (χ0) is 20.1. The number of anilines is 3. The Kier molecular flexibility index (Phi) is 5.63. The summed E-state index contributed by atoms with van der Waals surface area (Å²) in [7, 11) is 0. The molecule has 0 aliphatic carbocycles. The van der Waals surface area contributed by atoms with Crippen LogP contribution in [-0.2, 0) is 0 Å². The predicted octanol–water partition coefficient (Wildman–Crippen LogP) is 5.90. The summed E-state index contributed by atoms with van der Waals surface area (Å²) in [5.74, 6) is 0.526. The first-order valence-corrected chi connectivity index (χ1v) is 9.78. The van der Waals surface area contributed by atoms with Gasteiger partial charge in [-0.25, -0.2) is 9.97 Å². The minimum absolute atomic E-state index is 0.160. The lowest BCUT2D eigenvalue weighted by atomic mass is 10.1. The number of carbonyl (C=O) groups is 1. The summed E-state index contributed by atoms with van der Waals surface area (Å²) in [6, 6.07) is 26.5. The molecule has 5 nitrogen and oxygen atoms in total. The van der Waals surface area contributed by atoms with Gasteiger partial charge in [-0.15, -0.1) is 0 Å². The van der Waals surface area contributed by atoms with E-state index in [-0.39, 0.29) is 5.91 Å². The summed E-state index contributed by atoms with van der Waals surface area (Å²) < 4.78 is 0.964. The van der Waals surface area contributed by atoms with Crippen molar-refractivity contribution in [1.82, 2.24) is 9.97 Å². The Hall–Kier alpha value is -3.51. The number of aromatic nitrogens is 2. The molecule has 0 aliphatic heterocycles. The maximum atomic E-state index is 12.4. The molecule has 2 N–H and O–H groups in total. The van der Waals surface area contributed by atoms with Crippen LogP contribution in [0.1, 0.15) is 10.4 Å². The Balaban J connectivity index is 1.44. The molecule has 0 bridgehead atoms. The molecule has 142 valence electrons. The average Bonchev–Trinajstić information content (AvgIpc) is 2.77. The molecule has 4 rings (SSSR count). The zero-order valence-corrected chi connectivity index (χ0v) is 16.9. The highest BCUT2D eigenvalue weighted by Gasteiger charge is 2.07. The first-order chi connectivity index (χ1) is 14.2. The van der Waals surface area contributed by atoms with Crippen LogP contribution in [0.15, 0.2) is 95.7 Å². The van der Waals surface area contributed by atoms with Crippen molar-refractivity contribution < 1.29 is 4.79 Å². The van der Waals surface area contributed by atoms with Gasteiger partial charge in [0.25, 0.3) is 5.91 Å². The Bertz CT molecular complexity index is 1110. The van der Waals surface area contributed by atoms with Gasteiger partial charge in [0.2, 0.25) is 0 Å². The van der Waals surface area contributed by atoms with Gasteiger partial charge in [0.15, 0.2) is 0 Å². The van der Waals surface area contributed by atoms with Gasteiger partial charge in [-0.1, -0.05) is 46.3 Å². The molecule has 0 saturated carbocycles. The first-order valence-electron chi connectivity index (χ1n) is 8.99. The normalized spacial score (nSPS) is 10.4. The fourth-order valence-electron chi connectivity index (χ4n) is 2.78. The van der Waals surface area contributed by atoms with Crippen LogP contribution >= 0.6 is 15.9 Å². The summed E-state index contributed by atoms with van der Waals surface area (Å²) in [5, 5.41) is 6.13. The van der Waals surface area contributed by atoms with Crippen LogP contribution in [0.25, 0.3) is 11.3 Å². The van der Waals surface area contributed by atoms with Crippen LogP contribution < -0.4 is 10.6 Å². The van der Waals surface area contributed by atoms with Crippen molar-refractivity contribution in [2.24, 2.45) is 0 Å². The summed E-state index contributed by atoms with van der Waals surface area (Å²) in [6.45, 7) is 0. The van der Waals surface area contributed by atoms with E-state index < -0.39 is 0 Å². The predicted molar refractivity (Wildman–Crippen MR) is 119 cm³/mol. The van der Waals surface area contributed by atoms with Crippen LogP contribution in [0.2, 0.25) is 0 Å². The molecule has 0 unspecified atom stereocenters. The van der Waals surface area contributed by atoms with Gasteiger partial charge >= 0.3 is 0 Å². The van der Waals surface area contributed by atoms with Crippen molar-refractivity contribution in [3.05, 3.63) is 101 Å². The lowest BCUT2D eigenvalue weighted by molar-refractivity contribution is 0.102. The van der Waals surface area contributed by atoms with E-state index in [1.165, 1.54) is 6.33 Å². The lowest BCUT2D eigenvalue weighted by Gasteiger charge is -2.09. The van der Waals surface area contributed by atoms with Gasteiger partial charge in [-0.05, 0) is 48.5 Å².